The molecule has 0 spiro atoms. The molecule has 1 aliphatic carbocycles. The van der Waals surface area contributed by atoms with Gasteiger partial charge in [-0.25, -0.2) is 8.42 Å². The molecule has 1 atom stereocenters. The van der Waals surface area contributed by atoms with Gasteiger partial charge < -0.3 is 15.0 Å². The lowest BCUT2D eigenvalue weighted by Crippen LogP contribution is -2.54. The van der Waals surface area contributed by atoms with E-state index in [9.17, 15) is 18.0 Å². The van der Waals surface area contributed by atoms with Crippen molar-refractivity contribution in [3.63, 3.8) is 0 Å². The SMILES string of the molecule is CCC(C(=O)NC1CCCCC1)N(Cc1ccc(Cl)cc1Cl)C(=O)CN(c1ccc(OC)cc1)S(=O)(=O)c1ccc(C)cc1. The smallest absolute Gasteiger partial charge is 0.264 e. The summed E-state index contributed by atoms with van der Waals surface area (Å²) in [6.45, 7) is 3.15. The van der Waals surface area contributed by atoms with E-state index in [1.54, 1.807) is 54.6 Å². The van der Waals surface area contributed by atoms with Crippen LogP contribution in [0.4, 0.5) is 5.69 Å². The molecule has 0 aliphatic heterocycles. The van der Waals surface area contributed by atoms with E-state index in [1.807, 2.05) is 13.8 Å². The molecule has 1 aliphatic rings. The van der Waals surface area contributed by atoms with E-state index in [4.69, 9.17) is 27.9 Å². The van der Waals surface area contributed by atoms with Crippen LogP contribution in [0.3, 0.4) is 0 Å². The molecule has 0 heterocycles. The highest BCUT2D eigenvalue weighted by Gasteiger charge is 2.34. The van der Waals surface area contributed by atoms with Crippen molar-refractivity contribution in [1.29, 1.82) is 0 Å². The number of nitrogens with one attached hydrogen (secondary N) is 1. The fourth-order valence-electron chi connectivity index (χ4n) is 5.41. The monoisotopic (exact) mass is 659 g/mol. The molecule has 1 fully saturated rings. The quantitative estimate of drug-likeness (QED) is 0.232. The van der Waals surface area contributed by atoms with E-state index >= 15 is 0 Å². The van der Waals surface area contributed by atoms with Crippen LogP contribution in [0.25, 0.3) is 0 Å². The fraction of sp³-hybridized carbons (Fsp3) is 0.394. The lowest BCUT2D eigenvalue weighted by molar-refractivity contribution is -0.140. The average molecular weight is 661 g/mol. The molecule has 236 valence electrons. The first-order chi connectivity index (χ1) is 21.0. The summed E-state index contributed by atoms with van der Waals surface area (Å²) in [5.41, 5.74) is 1.77. The Labute approximate surface area is 270 Å². The van der Waals surface area contributed by atoms with Gasteiger partial charge in [0.1, 0.15) is 18.3 Å². The number of methoxy groups -OCH3 is 1. The Morgan fingerprint density at radius 3 is 2.23 bits per heavy atom. The van der Waals surface area contributed by atoms with Gasteiger partial charge in [-0.2, -0.15) is 0 Å². The molecule has 8 nitrogen and oxygen atoms in total. The third-order valence-electron chi connectivity index (χ3n) is 7.94. The number of anilines is 1. The van der Waals surface area contributed by atoms with Gasteiger partial charge in [-0.05, 0) is 80.3 Å². The first kappa shape index (κ1) is 33.6. The maximum absolute atomic E-state index is 14.3. The summed E-state index contributed by atoms with van der Waals surface area (Å²) in [7, 11) is -2.66. The Morgan fingerprint density at radius 1 is 0.977 bits per heavy atom. The molecule has 1 N–H and O–H groups in total. The predicted molar refractivity (Wildman–Crippen MR) is 175 cm³/mol. The van der Waals surface area contributed by atoms with Crippen LogP contribution in [0.2, 0.25) is 10.0 Å². The average Bonchev–Trinajstić information content (AvgIpc) is 3.01. The number of benzene rings is 3. The molecule has 3 aromatic carbocycles. The van der Waals surface area contributed by atoms with Gasteiger partial charge in [0.15, 0.2) is 0 Å². The lowest BCUT2D eigenvalue weighted by Gasteiger charge is -2.34. The Hall–Kier alpha value is -3.27. The van der Waals surface area contributed by atoms with E-state index in [2.05, 4.69) is 5.32 Å². The van der Waals surface area contributed by atoms with E-state index < -0.39 is 28.5 Å². The summed E-state index contributed by atoms with van der Waals surface area (Å²) < 4.78 is 34.4. The molecule has 0 aromatic heterocycles. The molecule has 11 heteroatoms. The normalized spacial score (nSPS) is 14.5. The van der Waals surface area contributed by atoms with Crippen LogP contribution in [0.15, 0.2) is 71.6 Å². The van der Waals surface area contributed by atoms with Gasteiger partial charge in [0, 0.05) is 22.6 Å². The second-order valence-corrected chi connectivity index (χ2v) is 13.8. The first-order valence-corrected chi connectivity index (χ1v) is 17.0. The van der Waals surface area contributed by atoms with Crippen LogP contribution in [0.1, 0.15) is 56.6 Å². The van der Waals surface area contributed by atoms with Crippen molar-refractivity contribution in [3.05, 3.63) is 87.9 Å². The Balaban J connectivity index is 1.73. The third kappa shape index (κ3) is 8.25. The summed E-state index contributed by atoms with van der Waals surface area (Å²) >= 11 is 12.6. The zero-order chi connectivity index (χ0) is 31.9. The number of rotatable bonds is 12. The van der Waals surface area contributed by atoms with Crippen molar-refractivity contribution in [2.75, 3.05) is 18.0 Å². The van der Waals surface area contributed by atoms with Crippen molar-refractivity contribution in [1.82, 2.24) is 10.2 Å². The molecular weight excluding hydrogens is 621 g/mol. The molecule has 3 aromatic rings. The number of aryl methyl sites for hydroxylation is 1. The van der Waals surface area contributed by atoms with E-state index in [1.165, 1.54) is 24.1 Å². The number of carbonyl (C=O) groups is 2. The van der Waals surface area contributed by atoms with Gasteiger partial charge in [0.2, 0.25) is 11.8 Å². The zero-order valence-corrected chi connectivity index (χ0v) is 27.6. The fourth-order valence-corrected chi connectivity index (χ4v) is 7.29. The summed E-state index contributed by atoms with van der Waals surface area (Å²) in [5, 5.41) is 3.92. The molecule has 0 saturated heterocycles. The van der Waals surface area contributed by atoms with Crippen molar-refractivity contribution < 1.29 is 22.7 Å². The molecule has 1 saturated carbocycles. The summed E-state index contributed by atoms with van der Waals surface area (Å²) in [4.78, 5) is 29.5. The molecule has 1 unspecified atom stereocenters. The lowest BCUT2D eigenvalue weighted by atomic mass is 9.95. The molecule has 0 radical (unpaired) electrons. The van der Waals surface area contributed by atoms with E-state index in [-0.39, 0.29) is 29.1 Å². The minimum Gasteiger partial charge on any atom is -0.497 e. The summed E-state index contributed by atoms with van der Waals surface area (Å²) in [6.07, 6.45) is 5.32. The number of halogens is 2. The van der Waals surface area contributed by atoms with Crippen molar-refractivity contribution in [2.45, 2.75) is 75.9 Å². The number of carbonyl (C=O) groups excluding carboxylic acids is 2. The minimum absolute atomic E-state index is 0.00748. The van der Waals surface area contributed by atoms with Crippen molar-refractivity contribution in [2.24, 2.45) is 0 Å². The third-order valence-corrected chi connectivity index (χ3v) is 10.3. The topological polar surface area (TPSA) is 96.0 Å². The maximum atomic E-state index is 14.3. The Bertz CT molecular complexity index is 1540. The second kappa shape index (κ2) is 15.1. The van der Waals surface area contributed by atoms with Gasteiger partial charge in [0.05, 0.1) is 17.7 Å². The summed E-state index contributed by atoms with van der Waals surface area (Å²) in [6, 6.07) is 17.0. The molecule has 2 amide bonds. The molecular formula is C33H39Cl2N3O5S. The predicted octanol–water partition coefficient (Wildman–Crippen LogP) is 6.76. The largest absolute Gasteiger partial charge is 0.497 e. The zero-order valence-electron chi connectivity index (χ0n) is 25.3. The number of hydrogen-bond acceptors (Lipinski definition) is 5. The highest BCUT2D eigenvalue weighted by atomic mass is 35.5. The standard InChI is InChI=1S/C33H39Cl2N3O5S/c1-4-31(33(40)36-26-8-6-5-7-9-26)37(21-24-12-13-25(34)20-30(24)35)32(39)22-38(27-14-16-28(43-3)17-15-27)44(41,42)29-18-10-23(2)11-19-29/h10-20,26,31H,4-9,21-22H2,1-3H3,(H,36,40). The van der Waals surface area contributed by atoms with E-state index in [0.717, 1.165) is 42.0 Å². The van der Waals surface area contributed by atoms with E-state index in [0.29, 0.717) is 27.8 Å². The van der Waals surface area contributed by atoms with Crippen molar-refractivity contribution >= 4 is 50.7 Å². The van der Waals surface area contributed by atoms with Gasteiger partial charge in [-0.1, -0.05) is 73.2 Å². The second-order valence-electron chi connectivity index (χ2n) is 11.0. The molecule has 4 rings (SSSR count). The van der Waals surface area contributed by atoms with Gasteiger partial charge >= 0.3 is 0 Å². The highest BCUT2D eigenvalue weighted by Crippen LogP contribution is 2.28. The number of hydrogen-bond donors (Lipinski definition) is 1. The Morgan fingerprint density at radius 2 is 1.64 bits per heavy atom. The number of nitrogens with zero attached hydrogens (tertiary/aromatic N) is 2. The Kier molecular flexibility index (Phi) is 11.6. The van der Waals surface area contributed by atoms with Crippen LogP contribution < -0.4 is 14.4 Å². The minimum atomic E-state index is -4.18. The van der Waals surface area contributed by atoms with Crippen LogP contribution in [-0.2, 0) is 26.2 Å². The van der Waals surface area contributed by atoms with Crippen LogP contribution in [0.5, 0.6) is 5.75 Å². The number of amides is 2. The van der Waals surface area contributed by atoms with Crippen LogP contribution in [0, 0.1) is 6.92 Å². The van der Waals surface area contributed by atoms with Crippen molar-refractivity contribution in [3.8, 4) is 5.75 Å². The van der Waals surface area contributed by atoms with Crippen LogP contribution >= 0.6 is 23.2 Å². The number of sulfonamides is 1. The van der Waals surface area contributed by atoms with Gasteiger partial charge in [-0.15, -0.1) is 0 Å². The maximum Gasteiger partial charge on any atom is 0.264 e. The summed E-state index contributed by atoms with van der Waals surface area (Å²) in [5.74, 6) is -0.277. The van der Waals surface area contributed by atoms with Gasteiger partial charge in [-0.3, -0.25) is 13.9 Å². The number of ether oxygens (including phenoxy) is 1. The van der Waals surface area contributed by atoms with Crippen LogP contribution in [-0.4, -0.2) is 50.9 Å². The van der Waals surface area contributed by atoms with Gasteiger partial charge in [0.25, 0.3) is 10.0 Å². The first-order valence-electron chi connectivity index (χ1n) is 14.8. The highest BCUT2D eigenvalue weighted by molar-refractivity contribution is 7.92. The molecule has 0 bridgehead atoms. The molecule has 44 heavy (non-hydrogen) atoms.